The predicted octanol–water partition coefficient (Wildman–Crippen LogP) is 3.22. The Morgan fingerprint density at radius 2 is 2.00 bits per heavy atom. The molecule has 7 heteroatoms. The van der Waals surface area contributed by atoms with Gasteiger partial charge >= 0.3 is 6.03 Å². The fourth-order valence-electron chi connectivity index (χ4n) is 1.73. The lowest BCUT2D eigenvalue weighted by atomic mass is 10.3. The maximum absolute atomic E-state index is 11.8. The van der Waals surface area contributed by atoms with Crippen LogP contribution in [0.4, 0.5) is 16.3 Å². The third-order valence-electron chi connectivity index (χ3n) is 2.59. The Kier molecular flexibility index (Phi) is 3.42. The second-order valence-electron chi connectivity index (χ2n) is 4.01. The van der Waals surface area contributed by atoms with Gasteiger partial charge in [0.05, 0.1) is 0 Å². The number of urea groups is 1. The average Bonchev–Trinajstić information content (AvgIpc) is 2.86. The van der Waals surface area contributed by atoms with Gasteiger partial charge in [0.2, 0.25) is 6.79 Å². The lowest BCUT2D eigenvalue weighted by Crippen LogP contribution is -2.19. The number of rotatable bonds is 2. The quantitative estimate of drug-likeness (QED) is 0.883. The molecule has 0 radical (unpaired) electrons. The van der Waals surface area contributed by atoms with Gasteiger partial charge in [0.25, 0.3) is 0 Å². The first-order chi connectivity index (χ1) is 9.70. The molecule has 102 valence electrons. The molecule has 1 aromatic heterocycles. The summed E-state index contributed by atoms with van der Waals surface area (Å²) in [5, 5.41) is 5.33. The molecular formula is C13H10BrN3O3. The van der Waals surface area contributed by atoms with Crippen molar-refractivity contribution in [2.45, 2.75) is 0 Å². The normalized spacial score (nSPS) is 12.1. The highest BCUT2D eigenvalue weighted by atomic mass is 79.9. The molecule has 0 fully saturated rings. The van der Waals surface area contributed by atoms with Crippen LogP contribution in [0, 0.1) is 0 Å². The number of fused-ring (bicyclic) bond motifs is 1. The lowest BCUT2D eigenvalue weighted by Gasteiger charge is -2.07. The summed E-state index contributed by atoms with van der Waals surface area (Å²) < 4.78 is 11.3. The zero-order chi connectivity index (χ0) is 13.9. The maximum atomic E-state index is 11.8. The Labute approximate surface area is 123 Å². The van der Waals surface area contributed by atoms with E-state index in [1.54, 1.807) is 36.5 Å². The molecule has 2 N–H and O–H groups in total. The molecule has 0 aliphatic carbocycles. The fourth-order valence-corrected chi connectivity index (χ4v) is 2.06. The zero-order valence-electron chi connectivity index (χ0n) is 10.2. The Bertz CT molecular complexity index is 663. The first-order valence-corrected chi connectivity index (χ1v) is 6.59. The van der Waals surface area contributed by atoms with Crippen molar-refractivity contribution in [3.05, 3.63) is 41.0 Å². The Hall–Kier alpha value is -2.28. The molecule has 2 heterocycles. The van der Waals surface area contributed by atoms with Crippen LogP contribution in [-0.2, 0) is 0 Å². The van der Waals surface area contributed by atoms with E-state index in [1.807, 2.05) is 0 Å². The summed E-state index contributed by atoms with van der Waals surface area (Å²) in [7, 11) is 0. The summed E-state index contributed by atoms with van der Waals surface area (Å²) in [5.74, 6) is 1.74. The second kappa shape index (κ2) is 5.38. The van der Waals surface area contributed by atoms with Crippen LogP contribution in [0.1, 0.15) is 0 Å². The van der Waals surface area contributed by atoms with Crippen LogP contribution in [-0.4, -0.2) is 17.8 Å². The van der Waals surface area contributed by atoms with Crippen molar-refractivity contribution in [2.24, 2.45) is 0 Å². The monoisotopic (exact) mass is 335 g/mol. The highest BCUT2D eigenvalue weighted by molar-refractivity contribution is 9.10. The molecule has 2 aromatic rings. The molecule has 0 spiro atoms. The van der Waals surface area contributed by atoms with Crippen molar-refractivity contribution in [1.82, 2.24) is 4.98 Å². The highest BCUT2D eigenvalue weighted by Gasteiger charge is 2.14. The van der Waals surface area contributed by atoms with Gasteiger partial charge in [0.15, 0.2) is 11.5 Å². The molecule has 20 heavy (non-hydrogen) atoms. The van der Waals surface area contributed by atoms with Gasteiger partial charge < -0.3 is 14.8 Å². The molecule has 1 aliphatic rings. The first kappa shape index (κ1) is 12.7. The molecule has 2 amide bonds. The van der Waals surface area contributed by atoms with Crippen molar-refractivity contribution < 1.29 is 14.3 Å². The molecule has 6 nitrogen and oxygen atoms in total. The average molecular weight is 336 g/mol. The molecule has 1 aromatic carbocycles. The maximum Gasteiger partial charge on any atom is 0.324 e. The van der Waals surface area contributed by atoms with Gasteiger partial charge in [0.1, 0.15) is 5.82 Å². The third-order valence-corrected chi connectivity index (χ3v) is 3.09. The number of halogens is 1. The zero-order valence-corrected chi connectivity index (χ0v) is 11.8. The van der Waals surface area contributed by atoms with Crippen LogP contribution >= 0.6 is 15.9 Å². The van der Waals surface area contributed by atoms with Crippen LogP contribution in [0.2, 0.25) is 0 Å². The van der Waals surface area contributed by atoms with Crippen molar-refractivity contribution in [3.8, 4) is 11.5 Å². The molecule has 0 saturated heterocycles. The summed E-state index contributed by atoms with van der Waals surface area (Å²) in [6, 6.07) is 8.29. The topological polar surface area (TPSA) is 72.5 Å². The number of aromatic nitrogens is 1. The van der Waals surface area contributed by atoms with Crippen LogP contribution in [0.15, 0.2) is 41.0 Å². The third kappa shape index (κ3) is 2.83. The number of nitrogens with zero attached hydrogens (tertiary/aromatic N) is 1. The van der Waals surface area contributed by atoms with Gasteiger partial charge in [-0.05, 0) is 24.3 Å². The van der Waals surface area contributed by atoms with Gasteiger partial charge in [-0.2, -0.15) is 0 Å². The number of amides is 2. The molecule has 0 atom stereocenters. The number of nitrogens with one attached hydrogen (secondary N) is 2. The van der Waals surface area contributed by atoms with Gasteiger partial charge in [-0.3, -0.25) is 5.32 Å². The Morgan fingerprint density at radius 3 is 2.85 bits per heavy atom. The molecular weight excluding hydrogens is 326 g/mol. The number of carbonyl (C=O) groups is 1. The summed E-state index contributed by atoms with van der Waals surface area (Å²) in [4.78, 5) is 15.9. The standard InChI is InChI=1S/C13H10BrN3O3/c14-8-3-4-15-12(5-8)17-13(18)16-9-1-2-10-11(6-9)20-7-19-10/h1-6H,7H2,(H2,15,16,17,18). The van der Waals surface area contributed by atoms with Gasteiger partial charge in [-0.25, -0.2) is 9.78 Å². The summed E-state index contributed by atoms with van der Waals surface area (Å²) in [6.45, 7) is 0.201. The van der Waals surface area contributed by atoms with Crippen molar-refractivity contribution in [1.29, 1.82) is 0 Å². The lowest BCUT2D eigenvalue weighted by molar-refractivity contribution is 0.174. The van der Waals surface area contributed by atoms with Crippen LogP contribution in [0.25, 0.3) is 0 Å². The van der Waals surface area contributed by atoms with E-state index in [4.69, 9.17) is 9.47 Å². The van der Waals surface area contributed by atoms with Crippen LogP contribution < -0.4 is 20.1 Å². The number of hydrogen-bond donors (Lipinski definition) is 2. The highest BCUT2D eigenvalue weighted by Crippen LogP contribution is 2.34. The SMILES string of the molecule is O=C(Nc1ccc2c(c1)OCO2)Nc1cc(Br)ccn1. The van der Waals surface area contributed by atoms with Crippen molar-refractivity contribution in [2.75, 3.05) is 17.4 Å². The van der Waals surface area contributed by atoms with E-state index in [0.29, 0.717) is 23.0 Å². The number of ether oxygens (including phenoxy) is 2. The Balaban J connectivity index is 1.67. The van der Waals surface area contributed by atoms with E-state index in [2.05, 4.69) is 31.5 Å². The molecule has 0 saturated carbocycles. The van der Waals surface area contributed by atoms with Gasteiger partial charge in [0, 0.05) is 22.4 Å². The smallest absolute Gasteiger partial charge is 0.324 e. The molecule has 3 rings (SSSR count). The van der Waals surface area contributed by atoms with E-state index < -0.39 is 0 Å². The molecule has 0 bridgehead atoms. The van der Waals surface area contributed by atoms with Crippen LogP contribution in [0.3, 0.4) is 0 Å². The minimum Gasteiger partial charge on any atom is -0.454 e. The second-order valence-corrected chi connectivity index (χ2v) is 4.92. The summed E-state index contributed by atoms with van der Waals surface area (Å²) >= 11 is 3.31. The first-order valence-electron chi connectivity index (χ1n) is 5.80. The number of anilines is 2. The van der Waals surface area contributed by atoms with Crippen molar-refractivity contribution in [3.63, 3.8) is 0 Å². The summed E-state index contributed by atoms with van der Waals surface area (Å²) in [5.41, 5.74) is 0.613. The number of pyridine rings is 1. The fraction of sp³-hybridized carbons (Fsp3) is 0.0769. The van der Waals surface area contributed by atoms with E-state index in [9.17, 15) is 4.79 Å². The minimum absolute atomic E-state index is 0.201. The summed E-state index contributed by atoms with van der Waals surface area (Å²) in [6.07, 6.45) is 1.60. The number of carbonyl (C=O) groups excluding carboxylic acids is 1. The van der Waals surface area contributed by atoms with E-state index >= 15 is 0 Å². The van der Waals surface area contributed by atoms with E-state index in [0.717, 1.165) is 4.47 Å². The van der Waals surface area contributed by atoms with Crippen molar-refractivity contribution >= 4 is 33.5 Å². The molecule has 1 aliphatic heterocycles. The Morgan fingerprint density at radius 1 is 1.15 bits per heavy atom. The molecule has 0 unspecified atom stereocenters. The van der Waals surface area contributed by atoms with E-state index in [1.165, 1.54) is 0 Å². The largest absolute Gasteiger partial charge is 0.454 e. The number of benzene rings is 1. The predicted molar refractivity (Wildman–Crippen MR) is 77.1 cm³/mol. The van der Waals surface area contributed by atoms with Crippen LogP contribution in [0.5, 0.6) is 11.5 Å². The number of hydrogen-bond acceptors (Lipinski definition) is 4. The van der Waals surface area contributed by atoms with Gasteiger partial charge in [-0.15, -0.1) is 0 Å². The van der Waals surface area contributed by atoms with E-state index in [-0.39, 0.29) is 12.8 Å². The minimum atomic E-state index is -0.380. The van der Waals surface area contributed by atoms with Gasteiger partial charge in [-0.1, -0.05) is 15.9 Å².